The fraction of sp³-hybridized carbons (Fsp3) is 0. The maximum Gasteiger partial charge on any atom is 0.345 e. The van der Waals surface area contributed by atoms with E-state index in [1.807, 2.05) is 48.6 Å². The van der Waals surface area contributed by atoms with Crippen molar-refractivity contribution in [2.24, 2.45) is 0 Å². The molecule has 0 aliphatic heterocycles. The summed E-state index contributed by atoms with van der Waals surface area (Å²) in [6.07, 6.45) is 5.66. The van der Waals surface area contributed by atoms with E-state index in [0.29, 0.717) is 11.4 Å². The highest BCUT2D eigenvalue weighted by molar-refractivity contribution is 7.17. The average molecular weight is 322 g/mol. The van der Waals surface area contributed by atoms with E-state index in [9.17, 15) is 4.79 Å². The first kappa shape index (κ1) is 15.0. The van der Waals surface area contributed by atoms with Crippen LogP contribution in [0.5, 0.6) is 0 Å². The van der Waals surface area contributed by atoms with Gasteiger partial charge in [0.2, 0.25) is 0 Å². The van der Waals surface area contributed by atoms with Gasteiger partial charge in [-0.25, -0.2) is 4.79 Å². The van der Waals surface area contributed by atoms with Gasteiger partial charge in [0.1, 0.15) is 10.6 Å². The van der Waals surface area contributed by atoms with Gasteiger partial charge in [-0.15, -0.1) is 11.3 Å². The molecule has 0 spiro atoms. The van der Waals surface area contributed by atoms with Gasteiger partial charge < -0.3 is 10.8 Å². The average Bonchev–Trinajstić information content (AvgIpc) is 3.04. The normalized spacial score (nSPS) is 11.0. The standard InChI is InChI=1S/C18H14N2O2S/c19-14-10-13(7-6-12-4-2-1-3-5-12)11-20-17(14)15-8-9-16(23-15)18(21)22/h1-11H,19H2,(H,21,22). The van der Waals surface area contributed by atoms with E-state index < -0.39 is 5.97 Å². The summed E-state index contributed by atoms with van der Waals surface area (Å²) in [6, 6.07) is 15.1. The van der Waals surface area contributed by atoms with Crippen LogP contribution in [0.15, 0.2) is 54.7 Å². The summed E-state index contributed by atoms with van der Waals surface area (Å²) < 4.78 is 0. The zero-order valence-corrected chi connectivity index (χ0v) is 13.0. The van der Waals surface area contributed by atoms with Crippen molar-refractivity contribution >= 4 is 35.1 Å². The van der Waals surface area contributed by atoms with Gasteiger partial charge in [0.05, 0.1) is 10.6 Å². The molecule has 0 saturated carbocycles. The topological polar surface area (TPSA) is 76.2 Å². The van der Waals surface area contributed by atoms with Crippen LogP contribution in [0.4, 0.5) is 5.69 Å². The van der Waals surface area contributed by atoms with Crippen molar-refractivity contribution in [2.45, 2.75) is 0 Å². The van der Waals surface area contributed by atoms with Crippen molar-refractivity contribution in [1.29, 1.82) is 0 Å². The maximum atomic E-state index is 11.0. The van der Waals surface area contributed by atoms with E-state index in [1.165, 1.54) is 0 Å². The highest BCUT2D eigenvalue weighted by atomic mass is 32.1. The van der Waals surface area contributed by atoms with Crippen LogP contribution in [-0.2, 0) is 0 Å². The Kier molecular flexibility index (Phi) is 4.21. The minimum absolute atomic E-state index is 0.272. The van der Waals surface area contributed by atoms with Gasteiger partial charge in [0, 0.05) is 6.20 Å². The maximum absolute atomic E-state index is 11.0. The Balaban J connectivity index is 1.85. The summed E-state index contributed by atoms with van der Waals surface area (Å²) in [4.78, 5) is 16.3. The third-order valence-electron chi connectivity index (χ3n) is 3.26. The van der Waals surface area contributed by atoms with Gasteiger partial charge in [-0.05, 0) is 29.3 Å². The van der Waals surface area contributed by atoms with E-state index in [0.717, 1.165) is 27.3 Å². The SMILES string of the molecule is Nc1cc(C=Cc2ccccc2)cnc1-c1ccc(C(=O)O)s1. The quantitative estimate of drug-likeness (QED) is 0.752. The van der Waals surface area contributed by atoms with Crippen molar-refractivity contribution in [2.75, 3.05) is 5.73 Å². The number of hydrogen-bond acceptors (Lipinski definition) is 4. The van der Waals surface area contributed by atoms with Crippen LogP contribution in [0.25, 0.3) is 22.7 Å². The molecule has 0 aliphatic carbocycles. The van der Waals surface area contributed by atoms with Crippen molar-refractivity contribution in [1.82, 2.24) is 4.98 Å². The first-order valence-corrected chi connectivity index (χ1v) is 7.77. The number of carboxylic acid groups (broad SMARTS) is 1. The number of aromatic carboxylic acids is 1. The van der Waals surface area contributed by atoms with E-state index in [2.05, 4.69) is 4.98 Å². The van der Waals surface area contributed by atoms with Gasteiger partial charge in [-0.2, -0.15) is 0 Å². The summed E-state index contributed by atoms with van der Waals surface area (Å²) in [7, 11) is 0. The zero-order chi connectivity index (χ0) is 16.2. The third kappa shape index (κ3) is 3.46. The number of nitrogens with two attached hydrogens (primary N) is 1. The Morgan fingerprint density at radius 2 is 1.83 bits per heavy atom. The number of aromatic nitrogens is 1. The van der Waals surface area contributed by atoms with Gasteiger partial charge in [-0.3, -0.25) is 4.98 Å². The molecule has 0 bridgehead atoms. The molecule has 0 saturated heterocycles. The number of rotatable bonds is 4. The minimum atomic E-state index is -0.942. The van der Waals surface area contributed by atoms with Crippen molar-refractivity contribution in [3.05, 3.63) is 70.7 Å². The van der Waals surface area contributed by atoms with Crippen molar-refractivity contribution in [3.63, 3.8) is 0 Å². The molecule has 23 heavy (non-hydrogen) atoms. The number of benzene rings is 1. The molecule has 0 amide bonds. The smallest absolute Gasteiger partial charge is 0.345 e. The molecule has 0 aliphatic rings. The Morgan fingerprint density at radius 1 is 1.09 bits per heavy atom. The highest BCUT2D eigenvalue weighted by Gasteiger charge is 2.11. The van der Waals surface area contributed by atoms with Crippen LogP contribution < -0.4 is 5.73 Å². The Morgan fingerprint density at radius 3 is 2.48 bits per heavy atom. The van der Waals surface area contributed by atoms with Crippen LogP contribution in [0.3, 0.4) is 0 Å². The number of carboxylic acids is 1. The summed E-state index contributed by atoms with van der Waals surface area (Å²) in [5, 5.41) is 8.99. The molecular weight excluding hydrogens is 308 g/mol. The Bertz CT molecular complexity index is 870. The van der Waals surface area contributed by atoms with Crippen LogP contribution in [0.2, 0.25) is 0 Å². The molecule has 4 nitrogen and oxygen atoms in total. The largest absolute Gasteiger partial charge is 0.477 e. The summed E-state index contributed by atoms with van der Waals surface area (Å²) in [5.41, 5.74) is 9.20. The molecule has 0 unspecified atom stereocenters. The fourth-order valence-electron chi connectivity index (χ4n) is 2.13. The number of thiophene rings is 1. The number of hydrogen-bond donors (Lipinski definition) is 2. The van der Waals surface area contributed by atoms with Crippen LogP contribution in [0.1, 0.15) is 20.8 Å². The summed E-state index contributed by atoms with van der Waals surface area (Å²) in [6.45, 7) is 0. The highest BCUT2D eigenvalue weighted by Crippen LogP contribution is 2.31. The summed E-state index contributed by atoms with van der Waals surface area (Å²) >= 11 is 1.16. The molecule has 3 rings (SSSR count). The van der Waals surface area contributed by atoms with E-state index >= 15 is 0 Å². The molecule has 3 N–H and O–H groups in total. The first-order chi connectivity index (χ1) is 11.1. The number of nitrogens with zero attached hydrogens (tertiary/aromatic N) is 1. The minimum Gasteiger partial charge on any atom is -0.477 e. The predicted octanol–water partition coefficient (Wildman–Crippen LogP) is 4.26. The lowest BCUT2D eigenvalue weighted by Gasteiger charge is -2.03. The lowest BCUT2D eigenvalue weighted by Crippen LogP contribution is -1.93. The molecule has 0 radical (unpaired) electrons. The Labute approximate surface area is 137 Å². The third-order valence-corrected chi connectivity index (χ3v) is 4.34. The second-order valence-corrected chi connectivity index (χ2v) is 6.00. The molecular formula is C18H14N2O2S. The van der Waals surface area contributed by atoms with Crippen LogP contribution in [-0.4, -0.2) is 16.1 Å². The molecule has 2 heterocycles. The van der Waals surface area contributed by atoms with E-state index in [4.69, 9.17) is 10.8 Å². The van der Waals surface area contributed by atoms with E-state index in [-0.39, 0.29) is 4.88 Å². The predicted molar refractivity (Wildman–Crippen MR) is 94.3 cm³/mol. The number of pyridine rings is 1. The number of nitrogen functional groups attached to an aromatic ring is 1. The molecule has 0 atom stereocenters. The second kappa shape index (κ2) is 6.46. The van der Waals surface area contributed by atoms with E-state index in [1.54, 1.807) is 18.3 Å². The zero-order valence-electron chi connectivity index (χ0n) is 12.1. The van der Waals surface area contributed by atoms with Gasteiger partial charge >= 0.3 is 5.97 Å². The first-order valence-electron chi connectivity index (χ1n) is 6.95. The van der Waals surface area contributed by atoms with Gasteiger partial charge in [0.15, 0.2) is 0 Å². The molecule has 2 aromatic heterocycles. The Hall–Kier alpha value is -2.92. The lowest BCUT2D eigenvalue weighted by atomic mass is 10.1. The molecule has 3 aromatic rings. The lowest BCUT2D eigenvalue weighted by molar-refractivity contribution is 0.0702. The van der Waals surface area contributed by atoms with Gasteiger partial charge in [0.25, 0.3) is 0 Å². The van der Waals surface area contributed by atoms with Crippen molar-refractivity contribution in [3.8, 4) is 10.6 Å². The van der Waals surface area contributed by atoms with Crippen LogP contribution >= 0.6 is 11.3 Å². The molecule has 114 valence electrons. The van der Waals surface area contributed by atoms with Crippen LogP contribution in [0, 0.1) is 0 Å². The second-order valence-electron chi connectivity index (χ2n) is 4.92. The molecule has 1 aromatic carbocycles. The molecule has 5 heteroatoms. The number of anilines is 1. The summed E-state index contributed by atoms with van der Waals surface area (Å²) in [5.74, 6) is -0.942. The fourth-order valence-corrected chi connectivity index (χ4v) is 3.00. The van der Waals surface area contributed by atoms with Crippen molar-refractivity contribution < 1.29 is 9.90 Å². The monoisotopic (exact) mass is 322 g/mol. The molecule has 0 fully saturated rings. The number of carbonyl (C=O) groups is 1. The van der Waals surface area contributed by atoms with Gasteiger partial charge in [-0.1, -0.05) is 42.5 Å².